The van der Waals surface area contributed by atoms with E-state index in [1.165, 1.54) is 0 Å². The van der Waals surface area contributed by atoms with Gasteiger partial charge in [0.1, 0.15) is 5.75 Å². The molecular weight excluding hydrogens is 276 g/mol. The number of esters is 1. The quantitative estimate of drug-likeness (QED) is 0.673. The van der Waals surface area contributed by atoms with E-state index in [1.54, 1.807) is 12.1 Å². The topological polar surface area (TPSA) is 46.5 Å². The van der Waals surface area contributed by atoms with E-state index in [-0.39, 0.29) is 18.5 Å². The van der Waals surface area contributed by atoms with E-state index in [0.29, 0.717) is 12.2 Å². The molecule has 3 nitrogen and oxygen atoms in total. The number of aryl methyl sites for hydroxylation is 2. The number of para-hydroxylation sites is 1. The summed E-state index contributed by atoms with van der Waals surface area (Å²) in [6.45, 7) is 5.83. The van der Waals surface area contributed by atoms with Crippen molar-refractivity contribution >= 4 is 5.97 Å². The highest BCUT2D eigenvalue weighted by Gasteiger charge is 2.24. The molecule has 1 atom stereocenters. The van der Waals surface area contributed by atoms with Crippen molar-refractivity contribution in [3.05, 3.63) is 64.7 Å². The fourth-order valence-corrected chi connectivity index (χ4v) is 2.75. The average molecular weight is 298 g/mol. The van der Waals surface area contributed by atoms with Crippen LogP contribution in [0, 0.1) is 13.8 Å². The van der Waals surface area contributed by atoms with E-state index in [4.69, 9.17) is 4.74 Å². The predicted molar refractivity (Wildman–Crippen MR) is 86.9 cm³/mol. The Morgan fingerprint density at radius 3 is 2.45 bits per heavy atom. The highest BCUT2D eigenvalue weighted by Crippen LogP contribution is 2.29. The summed E-state index contributed by atoms with van der Waals surface area (Å²) in [5.41, 5.74) is 3.77. The monoisotopic (exact) mass is 298 g/mol. The van der Waals surface area contributed by atoms with Crippen LogP contribution in [-0.4, -0.2) is 11.1 Å². The van der Waals surface area contributed by atoms with E-state index in [0.717, 1.165) is 22.3 Å². The van der Waals surface area contributed by atoms with Gasteiger partial charge in [0, 0.05) is 0 Å². The minimum absolute atomic E-state index is 0.0729. The van der Waals surface area contributed by atoms with Gasteiger partial charge in [0.15, 0.2) is 0 Å². The highest BCUT2D eigenvalue weighted by molar-refractivity contribution is 5.81. The Morgan fingerprint density at radius 2 is 1.86 bits per heavy atom. The van der Waals surface area contributed by atoms with Crippen LogP contribution in [-0.2, 0) is 11.4 Å². The molecule has 0 saturated heterocycles. The first-order valence-electron chi connectivity index (χ1n) is 7.54. The van der Waals surface area contributed by atoms with Gasteiger partial charge >= 0.3 is 5.97 Å². The van der Waals surface area contributed by atoms with E-state index < -0.39 is 0 Å². The van der Waals surface area contributed by atoms with Crippen molar-refractivity contribution in [2.75, 3.05) is 0 Å². The summed E-state index contributed by atoms with van der Waals surface area (Å²) in [6.07, 6.45) is 0.627. The fraction of sp³-hybridized carbons (Fsp3) is 0.316. The SMILES string of the molecule is CCC(C(=O)Oc1ccccc1)c1cc(C)cc(C)c1CO. The molecule has 0 aliphatic rings. The van der Waals surface area contributed by atoms with Crippen LogP contribution >= 0.6 is 0 Å². The summed E-state index contributed by atoms with van der Waals surface area (Å²) in [6, 6.07) is 13.1. The Bertz CT molecular complexity index is 647. The molecule has 22 heavy (non-hydrogen) atoms. The number of hydrogen-bond acceptors (Lipinski definition) is 3. The first kappa shape index (κ1) is 16.2. The Hall–Kier alpha value is -2.13. The Labute approximate surface area is 131 Å². The third-order valence-electron chi connectivity index (χ3n) is 3.84. The molecule has 0 fully saturated rings. The molecule has 0 bridgehead atoms. The van der Waals surface area contributed by atoms with E-state index in [1.807, 2.05) is 51.1 Å². The maximum absolute atomic E-state index is 12.5. The molecule has 3 heteroatoms. The molecule has 1 unspecified atom stereocenters. The second-order valence-electron chi connectivity index (χ2n) is 5.50. The molecule has 2 aromatic carbocycles. The lowest BCUT2D eigenvalue weighted by atomic mass is 9.88. The van der Waals surface area contributed by atoms with E-state index >= 15 is 0 Å². The number of aliphatic hydroxyl groups excluding tert-OH is 1. The van der Waals surface area contributed by atoms with Gasteiger partial charge in [-0.05, 0) is 49.1 Å². The van der Waals surface area contributed by atoms with Crippen molar-refractivity contribution in [2.45, 2.75) is 39.7 Å². The molecule has 0 aliphatic heterocycles. The Kier molecular flexibility index (Phi) is 5.34. The lowest BCUT2D eigenvalue weighted by Crippen LogP contribution is -2.20. The first-order valence-corrected chi connectivity index (χ1v) is 7.54. The van der Waals surface area contributed by atoms with Gasteiger partial charge in [0.05, 0.1) is 12.5 Å². The number of benzene rings is 2. The van der Waals surface area contributed by atoms with Gasteiger partial charge in [-0.2, -0.15) is 0 Å². The molecule has 0 amide bonds. The van der Waals surface area contributed by atoms with Gasteiger partial charge in [-0.1, -0.05) is 42.8 Å². The van der Waals surface area contributed by atoms with Crippen LogP contribution in [0.3, 0.4) is 0 Å². The molecule has 1 N–H and O–H groups in total. The van der Waals surface area contributed by atoms with Gasteiger partial charge in [-0.3, -0.25) is 4.79 Å². The van der Waals surface area contributed by atoms with Gasteiger partial charge in [-0.25, -0.2) is 0 Å². The van der Waals surface area contributed by atoms with Crippen LogP contribution in [0.1, 0.15) is 41.5 Å². The molecule has 0 heterocycles. The summed E-state index contributed by atoms with van der Waals surface area (Å²) in [5, 5.41) is 9.65. The number of carbonyl (C=O) groups is 1. The van der Waals surface area contributed by atoms with Crippen LogP contribution in [0.5, 0.6) is 5.75 Å². The molecular formula is C19H22O3. The molecule has 2 rings (SSSR count). The normalized spacial score (nSPS) is 12.0. The summed E-state index contributed by atoms with van der Waals surface area (Å²) in [5.74, 6) is -0.116. The Balaban J connectivity index is 2.34. The van der Waals surface area contributed by atoms with Gasteiger partial charge in [-0.15, -0.1) is 0 Å². The summed E-state index contributed by atoms with van der Waals surface area (Å²) in [7, 11) is 0. The standard InChI is InChI=1S/C19H22O3/c1-4-16(19(21)22-15-8-6-5-7-9-15)17-11-13(2)10-14(3)18(17)12-20/h5-11,16,20H,4,12H2,1-3H3. The largest absolute Gasteiger partial charge is 0.426 e. The van der Waals surface area contributed by atoms with Crippen molar-refractivity contribution in [2.24, 2.45) is 0 Å². The maximum atomic E-state index is 12.5. The molecule has 116 valence electrons. The zero-order valence-electron chi connectivity index (χ0n) is 13.3. The number of hydrogen-bond donors (Lipinski definition) is 1. The fourth-order valence-electron chi connectivity index (χ4n) is 2.75. The second-order valence-corrected chi connectivity index (χ2v) is 5.50. The first-order chi connectivity index (χ1) is 10.6. The van der Waals surface area contributed by atoms with Crippen LogP contribution in [0.4, 0.5) is 0 Å². The average Bonchev–Trinajstić information content (AvgIpc) is 2.48. The zero-order valence-corrected chi connectivity index (χ0v) is 13.3. The number of carbonyl (C=O) groups excluding carboxylic acids is 1. The summed E-state index contributed by atoms with van der Waals surface area (Å²) in [4.78, 5) is 12.5. The van der Waals surface area contributed by atoms with Crippen LogP contribution < -0.4 is 4.74 Å². The number of aliphatic hydroxyl groups is 1. The van der Waals surface area contributed by atoms with Crippen molar-refractivity contribution in [1.82, 2.24) is 0 Å². The van der Waals surface area contributed by atoms with Crippen LogP contribution in [0.15, 0.2) is 42.5 Å². The minimum Gasteiger partial charge on any atom is -0.426 e. The van der Waals surface area contributed by atoms with E-state index in [9.17, 15) is 9.90 Å². The van der Waals surface area contributed by atoms with Gasteiger partial charge in [0.2, 0.25) is 0 Å². The third-order valence-corrected chi connectivity index (χ3v) is 3.84. The number of ether oxygens (including phenoxy) is 1. The van der Waals surface area contributed by atoms with Crippen LogP contribution in [0.2, 0.25) is 0 Å². The van der Waals surface area contributed by atoms with Gasteiger partial charge < -0.3 is 9.84 Å². The van der Waals surface area contributed by atoms with E-state index in [2.05, 4.69) is 0 Å². The second kappa shape index (κ2) is 7.23. The molecule has 0 radical (unpaired) electrons. The smallest absolute Gasteiger partial charge is 0.318 e. The number of rotatable bonds is 5. The lowest BCUT2D eigenvalue weighted by molar-refractivity contribution is -0.136. The van der Waals surface area contributed by atoms with Crippen LogP contribution in [0.25, 0.3) is 0 Å². The molecule has 0 aliphatic carbocycles. The summed E-state index contributed by atoms with van der Waals surface area (Å²) < 4.78 is 5.48. The molecule has 0 spiro atoms. The zero-order chi connectivity index (χ0) is 16.1. The maximum Gasteiger partial charge on any atom is 0.318 e. The molecule has 0 saturated carbocycles. The van der Waals surface area contributed by atoms with Gasteiger partial charge in [0.25, 0.3) is 0 Å². The van der Waals surface area contributed by atoms with Crippen molar-refractivity contribution < 1.29 is 14.6 Å². The third kappa shape index (κ3) is 3.55. The Morgan fingerprint density at radius 1 is 1.18 bits per heavy atom. The highest BCUT2D eigenvalue weighted by atomic mass is 16.5. The minimum atomic E-state index is -0.374. The van der Waals surface area contributed by atoms with Crippen molar-refractivity contribution in [1.29, 1.82) is 0 Å². The predicted octanol–water partition coefficient (Wildman–Crippen LogP) is 3.89. The molecule has 2 aromatic rings. The van der Waals surface area contributed by atoms with Crippen molar-refractivity contribution in [3.8, 4) is 5.75 Å². The summed E-state index contributed by atoms with van der Waals surface area (Å²) >= 11 is 0. The van der Waals surface area contributed by atoms with Crippen molar-refractivity contribution in [3.63, 3.8) is 0 Å². The molecule has 0 aromatic heterocycles. The lowest BCUT2D eigenvalue weighted by Gasteiger charge is -2.19.